The molecule has 2 bridgehead atoms. The molecule has 5 rings (SSSR count). The minimum atomic E-state index is -3.86. The van der Waals surface area contributed by atoms with Crippen LogP contribution in [0.15, 0.2) is 33.9 Å². The molecular formula is C20H23FN4O4S. The highest BCUT2D eigenvalue weighted by Gasteiger charge is 2.45. The molecule has 8 nitrogen and oxygen atoms in total. The third kappa shape index (κ3) is 3.62. The molecule has 0 unspecified atom stereocenters. The smallest absolute Gasteiger partial charge is 0.273 e. The highest BCUT2D eigenvalue weighted by Crippen LogP contribution is 2.40. The third-order valence-electron chi connectivity index (χ3n) is 6.24. The summed E-state index contributed by atoms with van der Waals surface area (Å²) < 4.78 is 46.7. The van der Waals surface area contributed by atoms with Crippen LogP contribution >= 0.6 is 0 Å². The highest BCUT2D eigenvalue weighted by atomic mass is 32.2. The maximum absolute atomic E-state index is 13.6. The summed E-state index contributed by atoms with van der Waals surface area (Å²) in [6, 6.07) is 2.08. The van der Waals surface area contributed by atoms with E-state index in [1.807, 2.05) is 0 Å². The Bertz CT molecular complexity index is 1050. The van der Waals surface area contributed by atoms with Gasteiger partial charge in [-0.2, -0.15) is 4.31 Å². The summed E-state index contributed by atoms with van der Waals surface area (Å²) in [4.78, 5) is 16.2. The molecule has 3 fully saturated rings. The molecule has 30 heavy (non-hydrogen) atoms. The lowest BCUT2D eigenvalue weighted by atomic mass is 9.84. The Morgan fingerprint density at radius 3 is 2.53 bits per heavy atom. The van der Waals surface area contributed by atoms with Gasteiger partial charge in [0.2, 0.25) is 10.0 Å². The zero-order valence-electron chi connectivity index (χ0n) is 16.3. The lowest BCUT2D eigenvalue weighted by Gasteiger charge is -2.47. The molecule has 2 aliphatic heterocycles. The topological polar surface area (TPSA) is 105 Å². The predicted octanol–water partition coefficient (Wildman–Crippen LogP) is 2.59. The molecule has 0 radical (unpaired) electrons. The van der Waals surface area contributed by atoms with Crippen molar-refractivity contribution in [2.24, 2.45) is 0 Å². The number of carbonyl (C=O) groups excluding carboxylic acids is 1. The van der Waals surface area contributed by atoms with E-state index in [-0.39, 0.29) is 34.6 Å². The molecule has 1 N–H and O–H groups in total. The minimum absolute atomic E-state index is 0.128. The minimum Gasteiger partial charge on any atom is -0.360 e. The van der Waals surface area contributed by atoms with Crippen molar-refractivity contribution in [3.05, 3.63) is 41.8 Å². The Hall–Kier alpha value is -2.33. The molecular weight excluding hydrogens is 411 g/mol. The summed E-state index contributed by atoms with van der Waals surface area (Å²) in [5, 5.41) is 6.88. The van der Waals surface area contributed by atoms with Gasteiger partial charge in [-0.15, -0.1) is 0 Å². The van der Waals surface area contributed by atoms with Gasteiger partial charge in [0.1, 0.15) is 16.5 Å². The zero-order valence-corrected chi connectivity index (χ0v) is 17.1. The number of amides is 1. The number of halogens is 1. The lowest BCUT2D eigenvalue weighted by Crippen LogP contribution is -2.58. The molecule has 1 amide bonds. The molecule has 2 atom stereocenters. The van der Waals surface area contributed by atoms with Gasteiger partial charge < -0.3 is 9.84 Å². The van der Waals surface area contributed by atoms with Gasteiger partial charge in [0, 0.05) is 36.3 Å². The number of nitrogens with zero attached hydrogens (tertiary/aromatic N) is 3. The van der Waals surface area contributed by atoms with Gasteiger partial charge in [-0.1, -0.05) is 11.6 Å². The quantitative estimate of drug-likeness (QED) is 0.776. The second-order valence-electron chi connectivity index (χ2n) is 8.44. The number of sulfonamides is 1. The van der Waals surface area contributed by atoms with Gasteiger partial charge >= 0.3 is 0 Å². The monoisotopic (exact) mass is 434 g/mol. The summed E-state index contributed by atoms with van der Waals surface area (Å²) in [5.41, 5.74) is 0.267. The normalized spacial score (nSPS) is 27.0. The van der Waals surface area contributed by atoms with Crippen molar-refractivity contribution in [3.8, 4) is 0 Å². The summed E-state index contributed by atoms with van der Waals surface area (Å²) >= 11 is 0. The van der Waals surface area contributed by atoms with E-state index in [1.54, 1.807) is 6.07 Å². The number of pyridine rings is 1. The van der Waals surface area contributed by atoms with Gasteiger partial charge in [-0.05, 0) is 44.6 Å². The number of carbonyl (C=O) groups is 1. The maximum atomic E-state index is 13.6. The van der Waals surface area contributed by atoms with Crippen LogP contribution in [0.25, 0.3) is 0 Å². The van der Waals surface area contributed by atoms with Crippen molar-refractivity contribution in [1.82, 2.24) is 19.8 Å². The summed E-state index contributed by atoms with van der Waals surface area (Å²) in [5.74, 6) is 0.159. The van der Waals surface area contributed by atoms with Crippen LogP contribution in [-0.4, -0.2) is 46.9 Å². The first-order chi connectivity index (χ1) is 14.4. The predicted molar refractivity (Wildman–Crippen MR) is 104 cm³/mol. The van der Waals surface area contributed by atoms with Crippen molar-refractivity contribution in [2.75, 3.05) is 0 Å². The largest absolute Gasteiger partial charge is 0.360 e. The van der Waals surface area contributed by atoms with Crippen LogP contribution in [0.2, 0.25) is 0 Å². The average molecular weight is 434 g/mol. The van der Waals surface area contributed by atoms with Crippen LogP contribution in [0.3, 0.4) is 0 Å². The molecule has 4 heterocycles. The van der Waals surface area contributed by atoms with E-state index in [2.05, 4.69) is 15.5 Å². The van der Waals surface area contributed by atoms with Crippen LogP contribution < -0.4 is 5.32 Å². The number of hydrogen-bond acceptors (Lipinski definition) is 6. The Kier molecular flexibility index (Phi) is 4.85. The maximum Gasteiger partial charge on any atom is 0.273 e. The van der Waals surface area contributed by atoms with E-state index in [1.165, 1.54) is 10.5 Å². The first-order valence-electron chi connectivity index (χ1n) is 10.3. The Morgan fingerprint density at radius 2 is 1.87 bits per heavy atom. The van der Waals surface area contributed by atoms with Crippen molar-refractivity contribution >= 4 is 15.9 Å². The number of fused-ring (bicyclic) bond motifs is 2. The van der Waals surface area contributed by atoms with E-state index in [4.69, 9.17) is 4.52 Å². The lowest BCUT2D eigenvalue weighted by molar-refractivity contribution is 0.0789. The SMILES string of the molecule is O=C(NC1C[C@H]2CCC[C@H](C1)N2S(=O)(=O)c1cncc(F)c1)c1cc(C2CC2)on1. The van der Waals surface area contributed by atoms with Gasteiger partial charge in [-0.3, -0.25) is 9.78 Å². The van der Waals surface area contributed by atoms with Crippen LogP contribution in [0.4, 0.5) is 4.39 Å². The van der Waals surface area contributed by atoms with Crippen molar-refractivity contribution in [2.45, 2.75) is 73.9 Å². The number of piperidine rings is 2. The number of nitrogens with one attached hydrogen (secondary N) is 1. The first kappa shape index (κ1) is 19.6. The third-order valence-corrected chi connectivity index (χ3v) is 8.21. The highest BCUT2D eigenvalue weighted by molar-refractivity contribution is 7.89. The second-order valence-corrected chi connectivity index (χ2v) is 10.3. The fourth-order valence-corrected chi connectivity index (χ4v) is 6.59. The van der Waals surface area contributed by atoms with Gasteiger partial charge in [0.15, 0.2) is 5.69 Å². The van der Waals surface area contributed by atoms with Crippen LogP contribution in [0, 0.1) is 5.82 Å². The number of aromatic nitrogens is 2. The molecule has 3 aliphatic rings. The number of hydrogen-bond donors (Lipinski definition) is 1. The average Bonchev–Trinajstić information content (AvgIpc) is 3.43. The van der Waals surface area contributed by atoms with Gasteiger partial charge in [-0.25, -0.2) is 12.8 Å². The first-order valence-corrected chi connectivity index (χ1v) is 11.8. The molecule has 1 saturated carbocycles. The standard InChI is InChI=1S/C20H23FN4O4S/c21-13-6-17(11-22-10-13)30(27,28)25-15-2-1-3-16(25)8-14(7-15)23-20(26)18-9-19(29-24-18)12-4-5-12/h6,9-12,14-16H,1-5,7-8H2,(H,23,26)/t15-,16-/m1/s1. The molecule has 2 aromatic rings. The Balaban J connectivity index is 1.31. The fraction of sp³-hybridized carbons (Fsp3) is 0.550. The Labute approximate surface area is 173 Å². The van der Waals surface area contributed by atoms with Gasteiger partial charge in [0.05, 0.1) is 6.20 Å². The number of rotatable bonds is 5. The van der Waals surface area contributed by atoms with Crippen LogP contribution in [-0.2, 0) is 10.0 Å². The van der Waals surface area contributed by atoms with E-state index in [0.717, 1.165) is 37.3 Å². The second kappa shape index (κ2) is 7.42. The summed E-state index contributed by atoms with van der Waals surface area (Å²) in [6.07, 6.45) is 7.67. The molecule has 0 aromatic carbocycles. The van der Waals surface area contributed by atoms with Crippen molar-refractivity contribution in [3.63, 3.8) is 0 Å². The van der Waals surface area contributed by atoms with E-state index in [0.29, 0.717) is 31.6 Å². The summed E-state index contributed by atoms with van der Waals surface area (Å²) in [7, 11) is -3.86. The van der Waals surface area contributed by atoms with E-state index < -0.39 is 15.8 Å². The van der Waals surface area contributed by atoms with Gasteiger partial charge in [0.25, 0.3) is 5.91 Å². The Morgan fingerprint density at radius 1 is 1.13 bits per heavy atom. The van der Waals surface area contributed by atoms with Crippen LogP contribution in [0.1, 0.15) is 67.1 Å². The zero-order chi connectivity index (χ0) is 20.9. The molecule has 160 valence electrons. The van der Waals surface area contributed by atoms with Crippen molar-refractivity contribution in [1.29, 1.82) is 0 Å². The van der Waals surface area contributed by atoms with Crippen molar-refractivity contribution < 1.29 is 22.1 Å². The van der Waals surface area contributed by atoms with E-state index in [9.17, 15) is 17.6 Å². The molecule has 2 saturated heterocycles. The molecule has 10 heteroatoms. The molecule has 2 aromatic heterocycles. The molecule has 1 aliphatic carbocycles. The van der Waals surface area contributed by atoms with E-state index >= 15 is 0 Å². The molecule has 0 spiro atoms. The summed E-state index contributed by atoms with van der Waals surface area (Å²) in [6.45, 7) is 0. The van der Waals surface area contributed by atoms with Crippen LogP contribution in [0.5, 0.6) is 0 Å². The fourth-order valence-electron chi connectivity index (χ4n) is 4.72.